The maximum absolute atomic E-state index is 10.9. The van der Waals surface area contributed by atoms with Crippen LogP contribution in [0.15, 0.2) is 0 Å². The summed E-state index contributed by atoms with van der Waals surface area (Å²) >= 11 is 0. The summed E-state index contributed by atoms with van der Waals surface area (Å²) in [4.78, 5) is 12.9. The topological polar surface area (TPSA) is 49.8 Å². The van der Waals surface area contributed by atoms with Crippen LogP contribution in [0.1, 0.15) is 12.8 Å². The average Bonchev–Trinajstić information content (AvgIpc) is 2.86. The molecule has 0 amide bonds. The summed E-state index contributed by atoms with van der Waals surface area (Å²) in [6.07, 6.45) is 1.62. The zero-order chi connectivity index (χ0) is 8.60. The Balaban J connectivity index is 0.000000845. The van der Waals surface area contributed by atoms with Gasteiger partial charge in [-0.15, -0.1) is 0 Å². The van der Waals surface area contributed by atoms with Crippen LogP contribution in [0.2, 0.25) is 0 Å². The Kier molecular flexibility index (Phi) is 3.77. The molecular weight excluding hydrogens is 181 g/mol. The molecule has 0 aromatic heterocycles. The summed E-state index contributed by atoms with van der Waals surface area (Å²) in [6, 6.07) is 0. The third-order valence-corrected chi connectivity index (χ3v) is 2.74. The van der Waals surface area contributed by atoms with Gasteiger partial charge in [0.05, 0.1) is 13.2 Å². The van der Waals surface area contributed by atoms with E-state index in [2.05, 4.69) is 0 Å². The molecule has 1 saturated carbocycles. The Morgan fingerprint density at radius 3 is 2.23 bits per heavy atom. The molecular formula is C8H14NNaO3. The molecule has 13 heavy (non-hydrogen) atoms. The summed E-state index contributed by atoms with van der Waals surface area (Å²) in [5.41, 5.74) is -0.510. The monoisotopic (exact) mass is 195 g/mol. The van der Waals surface area contributed by atoms with Gasteiger partial charge in [0.15, 0.2) is 0 Å². The fourth-order valence-electron chi connectivity index (χ4n) is 1.78. The molecule has 1 heterocycles. The molecule has 0 radical (unpaired) electrons. The average molecular weight is 195 g/mol. The van der Waals surface area contributed by atoms with Gasteiger partial charge in [-0.25, -0.2) is 0 Å². The van der Waals surface area contributed by atoms with E-state index in [0.29, 0.717) is 13.2 Å². The van der Waals surface area contributed by atoms with Crippen molar-refractivity contribution < 1.29 is 14.6 Å². The van der Waals surface area contributed by atoms with E-state index in [1.165, 1.54) is 0 Å². The van der Waals surface area contributed by atoms with Crippen LogP contribution in [0.25, 0.3) is 0 Å². The molecule has 0 spiro atoms. The molecule has 0 unspecified atom stereocenters. The molecule has 0 bridgehead atoms. The zero-order valence-corrected chi connectivity index (χ0v) is 6.95. The van der Waals surface area contributed by atoms with Gasteiger partial charge in [0, 0.05) is 13.1 Å². The van der Waals surface area contributed by atoms with Crippen molar-refractivity contribution in [2.24, 2.45) is 0 Å². The zero-order valence-electron chi connectivity index (χ0n) is 6.95. The number of rotatable bonds is 2. The second kappa shape index (κ2) is 4.28. The van der Waals surface area contributed by atoms with Crippen LogP contribution in [0.5, 0.6) is 0 Å². The molecule has 0 aromatic rings. The quantitative estimate of drug-likeness (QED) is 0.591. The molecule has 1 saturated heterocycles. The van der Waals surface area contributed by atoms with E-state index >= 15 is 0 Å². The van der Waals surface area contributed by atoms with Crippen LogP contribution >= 0.6 is 0 Å². The first-order valence-corrected chi connectivity index (χ1v) is 4.32. The minimum absolute atomic E-state index is 0. The number of nitrogens with zero attached hydrogens (tertiary/aromatic N) is 1. The first-order chi connectivity index (χ1) is 5.76. The van der Waals surface area contributed by atoms with E-state index in [1.54, 1.807) is 0 Å². The van der Waals surface area contributed by atoms with Gasteiger partial charge in [-0.2, -0.15) is 0 Å². The van der Waals surface area contributed by atoms with E-state index in [4.69, 9.17) is 9.84 Å². The van der Waals surface area contributed by atoms with Gasteiger partial charge in [0.25, 0.3) is 0 Å². The normalized spacial score (nSPS) is 26.2. The van der Waals surface area contributed by atoms with E-state index in [1.807, 2.05) is 4.90 Å². The van der Waals surface area contributed by atoms with E-state index < -0.39 is 11.5 Å². The number of morpholine rings is 1. The molecule has 1 aliphatic carbocycles. The molecule has 2 aliphatic rings. The predicted octanol–water partition coefficient (Wildman–Crippen LogP) is -0.713. The van der Waals surface area contributed by atoms with Crippen LogP contribution in [-0.4, -0.2) is 77.4 Å². The fraction of sp³-hybridized carbons (Fsp3) is 0.875. The van der Waals surface area contributed by atoms with Gasteiger partial charge >= 0.3 is 35.5 Å². The van der Waals surface area contributed by atoms with E-state index in [-0.39, 0.29) is 29.6 Å². The summed E-state index contributed by atoms with van der Waals surface area (Å²) in [6.45, 7) is 2.89. The Morgan fingerprint density at radius 2 is 1.85 bits per heavy atom. The van der Waals surface area contributed by atoms with Crippen molar-refractivity contribution in [2.45, 2.75) is 18.4 Å². The van der Waals surface area contributed by atoms with Crippen molar-refractivity contribution in [3.8, 4) is 0 Å². The van der Waals surface area contributed by atoms with Gasteiger partial charge in [-0.05, 0) is 12.8 Å². The second-order valence-corrected chi connectivity index (χ2v) is 3.44. The SMILES string of the molecule is O=C(O)C1(N2CCOCC2)CC1.[NaH]. The Hall–Kier alpha value is 0.390. The van der Waals surface area contributed by atoms with Gasteiger partial charge in [0.1, 0.15) is 5.54 Å². The summed E-state index contributed by atoms with van der Waals surface area (Å²) in [7, 11) is 0. The molecule has 2 rings (SSSR count). The molecule has 1 N–H and O–H groups in total. The fourth-order valence-corrected chi connectivity index (χ4v) is 1.78. The Morgan fingerprint density at radius 1 is 1.31 bits per heavy atom. The third-order valence-electron chi connectivity index (χ3n) is 2.74. The maximum atomic E-state index is 10.9. The number of carboxylic acid groups (broad SMARTS) is 1. The molecule has 4 nitrogen and oxygen atoms in total. The molecule has 70 valence electrons. The Labute approximate surface area is 99.5 Å². The third kappa shape index (κ3) is 2.07. The van der Waals surface area contributed by atoms with Crippen molar-refractivity contribution >= 4 is 35.5 Å². The van der Waals surface area contributed by atoms with Crippen LogP contribution in [0.4, 0.5) is 0 Å². The van der Waals surface area contributed by atoms with E-state index in [0.717, 1.165) is 25.9 Å². The van der Waals surface area contributed by atoms with Crippen LogP contribution in [0.3, 0.4) is 0 Å². The molecule has 1 aliphatic heterocycles. The van der Waals surface area contributed by atoms with Crippen LogP contribution in [-0.2, 0) is 9.53 Å². The molecule has 0 aromatic carbocycles. The van der Waals surface area contributed by atoms with Crippen molar-refractivity contribution in [2.75, 3.05) is 26.3 Å². The number of carboxylic acids is 1. The van der Waals surface area contributed by atoms with Crippen molar-refractivity contribution in [3.63, 3.8) is 0 Å². The van der Waals surface area contributed by atoms with Gasteiger partial charge in [-0.1, -0.05) is 0 Å². The van der Waals surface area contributed by atoms with E-state index in [9.17, 15) is 4.79 Å². The summed E-state index contributed by atoms with van der Waals surface area (Å²) < 4.78 is 5.17. The van der Waals surface area contributed by atoms with Crippen LogP contribution < -0.4 is 0 Å². The molecule has 5 heteroatoms. The standard InChI is InChI=1S/C8H13NO3.Na.H/c10-7(11)8(1-2-8)9-3-5-12-6-4-9;;/h1-6H2,(H,10,11);;. The minimum atomic E-state index is -0.663. The first-order valence-electron chi connectivity index (χ1n) is 4.32. The number of aliphatic carboxylic acids is 1. The molecule has 0 atom stereocenters. The van der Waals surface area contributed by atoms with Crippen molar-refractivity contribution in [3.05, 3.63) is 0 Å². The van der Waals surface area contributed by atoms with Gasteiger partial charge < -0.3 is 9.84 Å². The van der Waals surface area contributed by atoms with Crippen LogP contribution in [0, 0.1) is 0 Å². The molecule has 2 fully saturated rings. The van der Waals surface area contributed by atoms with Gasteiger partial charge in [-0.3, -0.25) is 9.69 Å². The number of carbonyl (C=O) groups is 1. The predicted molar refractivity (Wildman–Crippen MR) is 49.1 cm³/mol. The number of ether oxygens (including phenoxy) is 1. The van der Waals surface area contributed by atoms with Crippen molar-refractivity contribution in [1.82, 2.24) is 4.90 Å². The van der Waals surface area contributed by atoms with Gasteiger partial charge in [0.2, 0.25) is 0 Å². The second-order valence-electron chi connectivity index (χ2n) is 3.44. The number of hydrogen-bond acceptors (Lipinski definition) is 3. The summed E-state index contributed by atoms with van der Waals surface area (Å²) in [5, 5.41) is 8.97. The van der Waals surface area contributed by atoms with Crippen molar-refractivity contribution in [1.29, 1.82) is 0 Å². The first kappa shape index (κ1) is 11.5. The summed E-state index contributed by atoms with van der Waals surface area (Å²) in [5.74, 6) is -0.663. The Bertz CT molecular complexity index is 200. The number of hydrogen-bond donors (Lipinski definition) is 1.